The summed E-state index contributed by atoms with van der Waals surface area (Å²) in [6.07, 6.45) is 3.62. The van der Waals surface area contributed by atoms with Gasteiger partial charge in [0.1, 0.15) is 30.8 Å². The lowest BCUT2D eigenvalue weighted by atomic mass is 9.78. The number of hydrogen-bond acceptors (Lipinski definition) is 10. The fourth-order valence-corrected chi connectivity index (χ4v) is 7.08. The topological polar surface area (TPSA) is 148 Å². The van der Waals surface area contributed by atoms with Gasteiger partial charge in [-0.05, 0) is 78.9 Å². The van der Waals surface area contributed by atoms with Crippen molar-refractivity contribution in [3.63, 3.8) is 0 Å². The van der Waals surface area contributed by atoms with Crippen molar-refractivity contribution in [2.45, 2.75) is 70.6 Å². The molecule has 52 heavy (non-hydrogen) atoms. The molecule has 2 fully saturated rings. The fraction of sp³-hybridized carbons (Fsp3) is 0.325. The predicted octanol–water partition coefficient (Wildman–Crippen LogP) is 5.03. The van der Waals surface area contributed by atoms with Crippen LogP contribution in [0.3, 0.4) is 0 Å². The lowest BCUT2D eigenvalue weighted by molar-refractivity contribution is -0.136. The Balaban J connectivity index is 0.961. The van der Waals surface area contributed by atoms with Gasteiger partial charge in [-0.15, -0.1) is 0 Å². The second-order valence-corrected chi connectivity index (χ2v) is 13.9. The van der Waals surface area contributed by atoms with Crippen LogP contribution in [0, 0.1) is 0 Å². The third-order valence-corrected chi connectivity index (χ3v) is 10.1. The first-order chi connectivity index (χ1) is 25.0. The first kappa shape index (κ1) is 34.5. The number of imide groups is 2. The van der Waals surface area contributed by atoms with E-state index in [4.69, 9.17) is 9.47 Å². The number of anilines is 1. The highest BCUT2D eigenvalue weighted by molar-refractivity contribution is 6.23. The summed E-state index contributed by atoms with van der Waals surface area (Å²) in [7, 11) is 0. The zero-order valence-electron chi connectivity index (χ0n) is 29.3. The number of carbonyl (C=O) groups is 5. The van der Waals surface area contributed by atoms with Crippen LogP contribution >= 0.6 is 0 Å². The molecule has 12 heteroatoms. The summed E-state index contributed by atoms with van der Waals surface area (Å²) in [6.45, 7) is 7.22. The Morgan fingerprint density at radius 2 is 1.54 bits per heavy atom. The number of aromatic nitrogens is 2. The van der Waals surface area contributed by atoms with Crippen molar-refractivity contribution in [2.75, 3.05) is 18.1 Å². The Bertz CT molecular complexity index is 2060. The minimum Gasteiger partial charge on any atom is -0.491 e. The second kappa shape index (κ2) is 14.0. The first-order valence-electron chi connectivity index (χ1n) is 17.4. The van der Waals surface area contributed by atoms with Crippen molar-refractivity contribution in [1.29, 1.82) is 0 Å². The van der Waals surface area contributed by atoms with E-state index in [0.29, 0.717) is 18.1 Å². The maximum absolute atomic E-state index is 13.4. The average molecular weight is 702 g/mol. The van der Waals surface area contributed by atoms with Crippen molar-refractivity contribution < 1.29 is 33.4 Å². The Morgan fingerprint density at radius 1 is 0.865 bits per heavy atom. The van der Waals surface area contributed by atoms with Crippen LogP contribution in [0.2, 0.25) is 0 Å². The molecule has 0 saturated carbocycles. The summed E-state index contributed by atoms with van der Waals surface area (Å²) in [5.41, 5.74) is 3.93. The van der Waals surface area contributed by atoms with E-state index in [1.165, 1.54) is 6.92 Å². The fourth-order valence-electron chi connectivity index (χ4n) is 7.08. The predicted molar refractivity (Wildman–Crippen MR) is 190 cm³/mol. The molecule has 3 aliphatic heterocycles. The molecule has 4 aromatic rings. The largest absolute Gasteiger partial charge is 0.491 e. The van der Waals surface area contributed by atoms with Crippen molar-refractivity contribution in [3.05, 3.63) is 113 Å². The van der Waals surface area contributed by atoms with Crippen molar-refractivity contribution in [2.24, 2.45) is 0 Å². The molecule has 266 valence electrons. The molecule has 12 nitrogen and oxygen atoms in total. The number of ether oxygens (including phenoxy) is 2. The third-order valence-electron chi connectivity index (χ3n) is 10.1. The molecule has 0 spiro atoms. The smallest absolute Gasteiger partial charge is 0.262 e. The van der Waals surface area contributed by atoms with Gasteiger partial charge in [-0.25, -0.2) is 9.97 Å². The molecule has 0 radical (unpaired) electrons. The Hall–Kier alpha value is -5.91. The van der Waals surface area contributed by atoms with Crippen LogP contribution in [0.15, 0.2) is 79.0 Å². The number of nitrogens with zero attached hydrogens (tertiary/aromatic N) is 4. The van der Waals surface area contributed by atoms with Crippen LogP contribution in [0.25, 0.3) is 0 Å². The van der Waals surface area contributed by atoms with Crippen molar-refractivity contribution in [3.8, 4) is 11.5 Å². The molecule has 3 aliphatic rings. The Kier molecular flexibility index (Phi) is 9.31. The monoisotopic (exact) mass is 701 g/mol. The molecule has 0 bridgehead atoms. The van der Waals surface area contributed by atoms with Gasteiger partial charge in [0.05, 0.1) is 22.9 Å². The van der Waals surface area contributed by atoms with Gasteiger partial charge in [-0.1, -0.05) is 38.1 Å². The molecular weight excluding hydrogens is 662 g/mol. The van der Waals surface area contributed by atoms with Gasteiger partial charge in [0.25, 0.3) is 11.8 Å². The minimum absolute atomic E-state index is 0.0684. The Labute approximate surface area is 301 Å². The number of amides is 4. The van der Waals surface area contributed by atoms with Crippen LogP contribution in [0.1, 0.15) is 94.6 Å². The summed E-state index contributed by atoms with van der Waals surface area (Å²) in [5.74, 6) is -0.625. The number of ketones is 1. The van der Waals surface area contributed by atoms with Crippen LogP contribution in [-0.2, 0) is 21.6 Å². The second-order valence-electron chi connectivity index (χ2n) is 13.9. The average Bonchev–Trinajstić information content (AvgIpc) is 3.72. The molecule has 1 unspecified atom stereocenters. The van der Waals surface area contributed by atoms with E-state index in [1.807, 2.05) is 42.5 Å². The summed E-state index contributed by atoms with van der Waals surface area (Å²) < 4.78 is 12.2. The summed E-state index contributed by atoms with van der Waals surface area (Å²) in [4.78, 5) is 73.6. The zero-order chi connectivity index (χ0) is 36.6. The molecule has 2 saturated heterocycles. The molecular formula is C40H39N5O7. The number of nitrogens with one attached hydrogen (secondary N) is 1. The first-order valence-corrected chi connectivity index (χ1v) is 17.4. The highest BCUT2D eigenvalue weighted by atomic mass is 16.5. The van der Waals surface area contributed by atoms with Crippen molar-refractivity contribution in [1.82, 2.24) is 20.2 Å². The standard InChI is InChI=1S/C40H39N5O7/c1-24(46)36-41-19-18-27(42-36)22-51-30-11-6-25(7-12-30)40(2,3)26-8-13-31(14-9-26)52-23-29-5-4-20-44(29)28-10-15-32-33(21-28)39(50)45(38(32)49)34-16-17-35(47)43-37(34)48/h6-15,18-19,21,29,34H,4-5,16-17,20,22-23H2,1-3H3,(H,43,47,48)/t29-,34?/m0/s1. The SMILES string of the molecule is CC(=O)c1nccc(COc2ccc(C(C)(C)c3ccc(OC[C@@H]4CCCN4c4ccc5c(c4)C(=O)N(C4CCC(=O)NC4=O)C5=O)cc3)cc2)n1. The van der Waals surface area contributed by atoms with Crippen molar-refractivity contribution >= 4 is 35.1 Å². The molecule has 7 rings (SSSR count). The molecule has 4 amide bonds. The number of benzene rings is 3. The number of fused-ring (bicyclic) bond motifs is 1. The molecule has 1 N–H and O–H groups in total. The number of piperidine rings is 1. The molecule has 1 aromatic heterocycles. The van der Waals surface area contributed by atoms with Crippen LogP contribution in [0.4, 0.5) is 5.69 Å². The zero-order valence-corrected chi connectivity index (χ0v) is 29.3. The number of rotatable bonds is 11. The lowest BCUT2D eigenvalue weighted by Crippen LogP contribution is -2.54. The van der Waals surface area contributed by atoms with E-state index in [0.717, 1.165) is 46.9 Å². The lowest BCUT2D eigenvalue weighted by Gasteiger charge is -2.28. The molecule has 2 atom stereocenters. The number of Topliss-reactive ketones (excluding diaryl/α,β-unsaturated/α-hetero) is 1. The maximum atomic E-state index is 13.4. The van der Waals surface area contributed by atoms with E-state index < -0.39 is 29.7 Å². The molecule has 0 aliphatic carbocycles. The normalized spacial score (nSPS) is 18.8. The van der Waals surface area contributed by atoms with E-state index in [2.05, 4.69) is 46.2 Å². The third kappa shape index (κ3) is 6.75. The highest BCUT2D eigenvalue weighted by Gasteiger charge is 2.45. The number of hydrogen-bond donors (Lipinski definition) is 1. The van der Waals surface area contributed by atoms with Gasteiger partial charge in [0, 0.05) is 37.2 Å². The van der Waals surface area contributed by atoms with Gasteiger partial charge < -0.3 is 14.4 Å². The maximum Gasteiger partial charge on any atom is 0.262 e. The van der Waals surface area contributed by atoms with Gasteiger partial charge in [-0.3, -0.25) is 34.2 Å². The van der Waals surface area contributed by atoms with Gasteiger partial charge in [0.15, 0.2) is 11.6 Å². The van der Waals surface area contributed by atoms with Crippen LogP contribution in [-0.4, -0.2) is 69.5 Å². The van der Waals surface area contributed by atoms with Gasteiger partial charge in [0.2, 0.25) is 11.8 Å². The minimum atomic E-state index is -0.995. The van der Waals surface area contributed by atoms with Gasteiger partial charge >= 0.3 is 0 Å². The number of carbonyl (C=O) groups excluding carboxylic acids is 5. The van der Waals surface area contributed by atoms with E-state index >= 15 is 0 Å². The quantitative estimate of drug-likeness (QED) is 0.167. The Morgan fingerprint density at radius 3 is 2.21 bits per heavy atom. The van der Waals surface area contributed by atoms with Gasteiger partial charge in [-0.2, -0.15) is 0 Å². The summed E-state index contributed by atoms with van der Waals surface area (Å²) >= 11 is 0. The van der Waals surface area contributed by atoms with Crippen LogP contribution in [0.5, 0.6) is 11.5 Å². The van der Waals surface area contributed by atoms with Crippen LogP contribution < -0.4 is 19.7 Å². The molecule has 3 aromatic carbocycles. The van der Waals surface area contributed by atoms with E-state index in [1.54, 1.807) is 24.4 Å². The van der Waals surface area contributed by atoms with E-state index in [9.17, 15) is 24.0 Å². The summed E-state index contributed by atoms with van der Waals surface area (Å²) in [6, 6.07) is 22.1. The molecule has 4 heterocycles. The van der Waals surface area contributed by atoms with E-state index in [-0.39, 0.29) is 53.6 Å². The summed E-state index contributed by atoms with van der Waals surface area (Å²) in [5, 5.41) is 2.23. The highest BCUT2D eigenvalue weighted by Crippen LogP contribution is 2.35.